The Morgan fingerprint density at radius 3 is 2.53 bits per heavy atom. The lowest BCUT2D eigenvalue weighted by Gasteiger charge is -2.29. The topological polar surface area (TPSA) is 49.6 Å². The van der Waals surface area contributed by atoms with Crippen LogP contribution in [0.2, 0.25) is 0 Å². The van der Waals surface area contributed by atoms with Crippen molar-refractivity contribution in [2.75, 3.05) is 32.7 Å². The lowest BCUT2D eigenvalue weighted by Crippen LogP contribution is -2.40. The van der Waals surface area contributed by atoms with Crippen molar-refractivity contribution in [3.05, 3.63) is 0 Å². The zero-order valence-electron chi connectivity index (χ0n) is 12.9. The summed E-state index contributed by atoms with van der Waals surface area (Å²) in [5.74, 6) is 0.774. The Labute approximate surface area is 118 Å². The number of rotatable bonds is 6. The zero-order chi connectivity index (χ0) is 14.3. The van der Waals surface area contributed by atoms with Crippen LogP contribution < -0.4 is 5.73 Å². The molecule has 0 aromatic heterocycles. The summed E-state index contributed by atoms with van der Waals surface area (Å²) >= 11 is 0. The van der Waals surface area contributed by atoms with Crippen molar-refractivity contribution < 1.29 is 4.79 Å². The lowest BCUT2D eigenvalue weighted by molar-refractivity contribution is -0.131. The van der Waals surface area contributed by atoms with Crippen LogP contribution in [0.4, 0.5) is 0 Å². The van der Waals surface area contributed by atoms with Gasteiger partial charge in [-0.05, 0) is 31.7 Å². The van der Waals surface area contributed by atoms with E-state index in [-0.39, 0.29) is 0 Å². The molecule has 1 amide bonds. The van der Waals surface area contributed by atoms with Crippen molar-refractivity contribution in [2.45, 2.75) is 52.5 Å². The first-order valence-corrected chi connectivity index (χ1v) is 7.80. The molecule has 19 heavy (non-hydrogen) atoms. The Hall–Kier alpha value is -0.610. The van der Waals surface area contributed by atoms with Gasteiger partial charge in [0.15, 0.2) is 0 Å². The minimum atomic E-state index is 0.323. The lowest BCUT2D eigenvalue weighted by atomic mass is 10.1. The van der Waals surface area contributed by atoms with Gasteiger partial charge in [-0.25, -0.2) is 0 Å². The molecule has 0 radical (unpaired) electrons. The first kappa shape index (κ1) is 16.4. The van der Waals surface area contributed by atoms with Gasteiger partial charge in [0.05, 0.1) is 0 Å². The predicted octanol–water partition coefficient (Wildman–Crippen LogP) is 1.69. The molecule has 2 N–H and O–H groups in total. The van der Waals surface area contributed by atoms with E-state index in [2.05, 4.69) is 30.6 Å². The van der Waals surface area contributed by atoms with Crippen molar-refractivity contribution in [2.24, 2.45) is 11.7 Å². The van der Waals surface area contributed by atoms with Crippen LogP contribution in [0, 0.1) is 5.92 Å². The third kappa shape index (κ3) is 5.49. The maximum absolute atomic E-state index is 12.1. The number of hydrogen-bond donors (Lipinski definition) is 1. The van der Waals surface area contributed by atoms with Crippen LogP contribution in [-0.2, 0) is 4.79 Å². The van der Waals surface area contributed by atoms with Gasteiger partial charge in [0.2, 0.25) is 5.91 Å². The summed E-state index contributed by atoms with van der Waals surface area (Å²) in [6.45, 7) is 11.1. The number of carbonyl (C=O) groups is 1. The molecule has 0 spiro atoms. The Bertz CT molecular complexity index is 268. The fourth-order valence-electron chi connectivity index (χ4n) is 2.87. The summed E-state index contributed by atoms with van der Waals surface area (Å²) in [4.78, 5) is 16.7. The maximum Gasteiger partial charge on any atom is 0.222 e. The summed E-state index contributed by atoms with van der Waals surface area (Å²) in [6, 6.07) is 0.588. The molecule has 4 heteroatoms. The van der Waals surface area contributed by atoms with Crippen LogP contribution in [0.15, 0.2) is 0 Å². The van der Waals surface area contributed by atoms with Gasteiger partial charge in [-0.2, -0.15) is 0 Å². The van der Waals surface area contributed by atoms with Crippen LogP contribution in [0.5, 0.6) is 0 Å². The molecule has 0 bridgehead atoms. The first-order valence-electron chi connectivity index (χ1n) is 7.80. The number of nitrogens with two attached hydrogens (primary N) is 1. The average molecular weight is 269 g/mol. The molecule has 1 heterocycles. The van der Waals surface area contributed by atoms with E-state index in [4.69, 9.17) is 5.73 Å². The summed E-state index contributed by atoms with van der Waals surface area (Å²) in [5.41, 5.74) is 5.69. The highest BCUT2D eigenvalue weighted by atomic mass is 16.2. The van der Waals surface area contributed by atoms with Crippen LogP contribution in [0.1, 0.15) is 46.5 Å². The van der Waals surface area contributed by atoms with E-state index < -0.39 is 0 Å². The molecule has 1 rings (SSSR count). The molecule has 1 fully saturated rings. The quantitative estimate of drug-likeness (QED) is 0.798. The fraction of sp³-hybridized carbons (Fsp3) is 0.933. The van der Waals surface area contributed by atoms with E-state index in [1.165, 1.54) is 0 Å². The highest BCUT2D eigenvalue weighted by Gasteiger charge is 2.23. The molecule has 1 atom stereocenters. The third-order valence-electron chi connectivity index (χ3n) is 3.95. The number of amides is 1. The highest BCUT2D eigenvalue weighted by molar-refractivity contribution is 5.76. The zero-order valence-corrected chi connectivity index (χ0v) is 12.9. The molecule has 4 nitrogen and oxygen atoms in total. The van der Waals surface area contributed by atoms with E-state index in [0.29, 0.717) is 24.3 Å². The van der Waals surface area contributed by atoms with Crippen LogP contribution >= 0.6 is 0 Å². The standard InChI is InChI=1S/C15H31N3O/c1-4-14(6-7-16)17-8-5-9-18(11-10-17)15(19)12-13(2)3/h13-14H,4-12,16H2,1-3H3. The second kappa shape index (κ2) is 8.54. The van der Waals surface area contributed by atoms with Crippen molar-refractivity contribution in [1.82, 2.24) is 9.80 Å². The van der Waals surface area contributed by atoms with Crippen LogP contribution in [-0.4, -0.2) is 54.5 Å². The third-order valence-corrected chi connectivity index (χ3v) is 3.95. The Morgan fingerprint density at radius 1 is 1.21 bits per heavy atom. The fourth-order valence-corrected chi connectivity index (χ4v) is 2.87. The number of carbonyl (C=O) groups excluding carboxylic acids is 1. The second-order valence-corrected chi connectivity index (χ2v) is 6.01. The van der Waals surface area contributed by atoms with Crippen LogP contribution in [0.25, 0.3) is 0 Å². The summed E-state index contributed by atoms with van der Waals surface area (Å²) < 4.78 is 0. The van der Waals surface area contributed by atoms with Crippen molar-refractivity contribution in [3.8, 4) is 0 Å². The molecular weight excluding hydrogens is 238 g/mol. The number of nitrogens with zero attached hydrogens (tertiary/aromatic N) is 2. The molecular formula is C15H31N3O. The van der Waals surface area contributed by atoms with E-state index in [0.717, 1.165) is 52.0 Å². The molecule has 0 saturated carbocycles. The van der Waals surface area contributed by atoms with Crippen molar-refractivity contribution in [3.63, 3.8) is 0 Å². The van der Waals surface area contributed by atoms with Crippen molar-refractivity contribution in [1.29, 1.82) is 0 Å². The molecule has 0 aliphatic carbocycles. The average Bonchev–Trinajstić information content (AvgIpc) is 2.60. The first-order chi connectivity index (χ1) is 9.08. The van der Waals surface area contributed by atoms with E-state index >= 15 is 0 Å². The van der Waals surface area contributed by atoms with Crippen LogP contribution in [0.3, 0.4) is 0 Å². The van der Waals surface area contributed by atoms with Crippen molar-refractivity contribution >= 4 is 5.91 Å². The molecule has 1 aliphatic heterocycles. The normalized spacial score (nSPS) is 19.5. The van der Waals surface area contributed by atoms with Gasteiger partial charge < -0.3 is 10.6 Å². The molecule has 0 aromatic rings. The van der Waals surface area contributed by atoms with Gasteiger partial charge in [0.25, 0.3) is 0 Å². The van der Waals surface area contributed by atoms with Gasteiger partial charge in [-0.3, -0.25) is 9.69 Å². The Balaban J connectivity index is 2.48. The summed E-state index contributed by atoms with van der Waals surface area (Å²) in [7, 11) is 0. The Morgan fingerprint density at radius 2 is 1.95 bits per heavy atom. The Kier molecular flexibility index (Phi) is 7.39. The predicted molar refractivity (Wildman–Crippen MR) is 80.0 cm³/mol. The molecule has 1 saturated heterocycles. The van der Waals surface area contributed by atoms with Gasteiger partial charge in [0.1, 0.15) is 0 Å². The summed E-state index contributed by atoms with van der Waals surface area (Å²) in [5, 5.41) is 0. The van der Waals surface area contributed by atoms with Gasteiger partial charge >= 0.3 is 0 Å². The largest absolute Gasteiger partial charge is 0.341 e. The second-order valence-electron chi connectivity index (χ2n) is 6.01. The van der Waals surface area contributed by atoms with Gasteiger partial charge in [0, 0.05) is 38.6 Å². The van der Waals surface area contributed by atoms with E-state index in [1.807, 2.05) is 0 Å². The maximum atomic E-state index is 12.1. The van der Waals surface area contributed by atoms with Gasteiger partial charge in [-0.1, -0.05) is 20.8 Å². The molecule has 1 unspecified atom stereocenters. The highest BCUT2D eigenvalue weighted by Crippen LogP contribution is 2.14. The molecule has 0 aromatic carbocycles. The minimum absolute atomic E-state index is 0.323. The molecule has 112 valence electrons. The summed E-state index contributed by atoms with van der Waals surface area (Å²) in [6.07, 6.45) is 3.98. The van der Waals surface area contributed by atoms with Gasteiger partial charge in [-0.15, -0.1) is 0 Å². The SMILES string of the molecule is CCC(CCN)N1CCCN(C(=O)CC(C)C)CC1. The smallest absolute Gasteiger partial charge is 0.222 e. The van der Waals surface area contributed by atoms with E-state index in [9.17, 15) is 4.79 Å². The number of hydrogen-bond acceptors (Lipinski definition) is 3. The minimum Gasteiger partial charge on any atom is -0.341 e. The molecule has 1 aliphatic rings. The monoisotopic (exact) mass is 269 g/mol. The van der Waals surface area contributed by atoms with E-state index in [1.54, 1.807) is 0 Å².